The standard InChI is InChI=1S/C14H18N2OS/c1-10(16-18(17)14(2,3)4)11-6-5-7-13-12(11)8-9-15-13/h5-9,15H,1-4H3/t18-/m1/s1. The molecule has 1 atom stereocenters. The van der Waals surface area contributed by atoms with Gasteiger partial charge in [-0.25, -0.2) is 0 Å². The molecule has 4 heteroatoms. The zero-order valence-corrected chi connectivity index (χ0v) is 12.0. The smallest absolute Gasteiger partial charge is 0.144 e. The number of rotatable bonds is 2. The van der Waals surface area contributed by atoms with Gasteiger partial charge in [0, 0.05) is 22.7 Å². The van der Waals surface area contributed by atoms with Gasteiger partial charge in [0.05, 0.1) is 5.71 Å². The predicted octanol–water partition coefficient (Wildman–Crippen LogP) is 3.44. The van der Waals surface area contributed by atoms with Crippen molar-refractivity contribution in [2.45, 2.75) is 32.4 Å². The van der Waals surface area contributed by atoms with Crippen LogP contribution in [0.4, 0.5) is 0 Å². The summed E-state index contributed by atoms with van der Waals surface area (Å²) >= 11 is -1.22. The Morgan fingerprint density at radius 2 is 2.00 bits per heavy atom. The van der Waals surface area contributed by atoms with E-state index in [1.807, 2.05) is 58.2 Å². The third kappa shape index (κ3) is 2.60. The van der Waals surface area contributed by atoms with Gasteiger partial charge in [-0.15, -0.1) is 0 Å². The maximum absolute atomic E-state index is 12.0. The summed E-state index contributed by atoms with van der Waals surface area (Å²) in [5, 5.41) is 1.12. The van der Waals surface area contributed by atoms with Crippen molar-refractivity contribution >= 4 is 28.0 Å². The molecule has 2 aromatic rings. The number of H-pyrrole nitrogens is 1. The maximum Gasteiger partial charge on any atom is 0.144 e. The van der Waals surface area contributed by atoms with Crippen LogP contribution in [0.5, 0.6) is 0 Å². The molecular weight excluding hydrogens is 244 g/mol. The zero-order chi connectivity index (χ0) is 13.3. The first kappa shape index (κ1) is 13.2. The Morgan fingerprint density at radius 3 is 2.67 bits per heavy atom. The average Bonchev–Trinajstić information content (AvgIpc) is 2.74. The molecule has 0 bridgehead atoms. The highest BCUT2D eigenvalue weighted by Crippen LogP contribution is 2.22. The van der Waals surface area contributed by atoms with E-state index in [2.05, 4.69) is 9.38 Å². The number of aromatic nitrogens is 1. The molecule has 0 saturated carbocycles. The molecule has 0 saturated heterocycles. The summed E-state index contributed by atoms with van der Waals surface area (Å²) in [4.78, 5) is 3.17. The first-order valence-corrected chi connectivity index (χ1v) is 7.04. The number of benzene rings is 1. The molecule has 1 aromatic carbocycles. The van der Waals surface area contributed by atoms with E-state index in [1.54, 1.807) is 0 Å². The van der Waals surface area contributed by atoms with Gasteiger partial charge < -0.3 is 9.54 Å². The molecule has 1 heterocycles. The van der Waals surface area contributed by atoms with E-state index in [0.29, 0.717) is 0 Å². The van der Waals surface area contributed by atoms with E-state index in [1.165, 1.54) is 0 Å². The first-order chi connectivity index (χ1) is 8.39. The molecule has 0 unspecified atom stereocenters. The fourth-order valence-electron chi connectivity index (χ4n) is 1.71. The van der Waals surface area contributed by atoms with Crippen molar-refractivity contribution in [1.82, 2.24) is 4.98 Å². The average molecular weight is 262 g/mol. The molecule has 0 radical (unpaired) electrons. The molecule has 3 nitrogen and oxygen atoms in total. The SMILES string of the molecule is CC(=N[S@+]([O-])C(C)(C)C)c1cccc2[nH]ccc12. The molecule has 0 aliphatic rings. The molecule has 0 amide bonds. The lowest BCUT2D eigenvalue weighted by atomic mass is 10.1. The van der Waals surface area contributed by atoms with Gasteiger partial charge in [-0.1, -0.05) is 16.5 Å². The molecular formula is C14H18N2OS. The highest BCUT2D eigenvalue weighted by Gasteiger charge is 2.26. The van der Waals surface area contributed by atoms with Gasteiger partial charge in [0.1, 0.15) is 16.1 Å². The number of hydrogen-bond donors (Lipinski definition) is 1. The lowest BCUT2D eigenvalue weighted by molar-refractivity contribution is 0.561. The van der Waals surface area contributed by atoms with Crippen LogP contribution in [0.25, 0.3) is 10.9 Å². The van der Waals surface area contributed by atoms with Crippen LogP contribution >= 0.6 is 0 Å². The van der Waals surface area contributed by atoms with E-state index in [4.69, 9.17) is 0 Å². The Labute approximate surface area is 111 Å². The molecule has 0 aliphatic heterocycles. The minimum Gasteiger partial charge on any atom is -0.591 e. The molecule has 0 aliphatic carbocycles. The Hall–Kier alpha value is -1.26. The number of fused-ring (bicyclic) bond motifs is 1. The van der Waals surface area contributed by atoms with Crippen molar-refractivity contribution in [2.75, 3.05) is 0 Å². The lowest BCUT2D eigenvalue weighted by Crippen LogP contribution is -2.26. The minimum atomic E-state index is -1.22. The van der Waals surface area contributed by atoms with Crippen molar-refractivity contribution in [3.8, 4) is 0 Å². The molecule has 0 fully saturated rings. The van der Waals surface area contributed by atoms with Gasteiger partial charge >= 0.3 is 0 Å². The molecule has 18 heavy (non-hydrogen) atoms. The summed E-state index contributed by atoms with van der Waals surface area (Å²) in [6.07, 6.45) is 1.90. The van der Waals surface area contributed by atoms with Crippen LogP contribution in [0, 0.1) is 0 Å². The summed E-state index contributed by atoms with van der Waals surface area (Å²) in [6, 6.07) is 8.03. The number of aromatic amines is 1. The van der Waals surface area contributed by atoms with Crippen molar-refractivity contribution in [3.05, 3.63) is 36.0 Å². The molecule has 1 N–H and O–H groups in total. The zero-order valence-electron chi connectivity index (χ0n) is 11.2. The fraction of sp³-hybridized carbons (Fsp3) is 0.357. The third-order valence-corrected chi connectivity index (χ3v) is 4.22. The first-order valence-electron chi connectivity index (χ1n) is 5.93. The van der Waals surface area contributed by atoms with Crippen LogP contribution in [0.2, 0.25) is 0 Å². The second kappa shape index (κ2) is 4.78. The van der Waals surface area contributed by atoms with Crippen LogP contribution in [-0.2, 0) is 11.4 Å². The predicted molar refractivity (Wildman–Crippen MR) is 78.4 cm³/mol. The van der Waals surface area contributed by atoms with E-state index in [0.717, 1.165) is 22.2 Å². The van der Waals surface area contributed by atoms with E-state index >= 15 is 0 Å². The number of nitrogens with zero attached hydrogens (tertiary/aromatic N) is 1. The summed E-state index contributed by atoms with van der Waals surface area (Å²) in [6.45, 7) is 7.69. The Morgan fingerprint density at radius 1 is 1.28 bits per heavy atom. The summed E-state index contributed by atoms with van der Waals surface area (Å²) in [5.41, 5.74) is 2.92. The molecule has 96 valence electrons. The van der Waals surface area contributed by atoms with Crippen LogP contribution < -0.4 is 0 Å². The van der Waals surface area contributed by atoms with Gasteiger partial charge in [0.2, 0.25) is 0 Å². The summed E-state index contributed by atoms with van der Waals surface area (Å²) in [7, 11) is 0. The maximum atomic E-state index is 12.0. The molecule has 2 rings (SSSR count). The third-order valence-electron chi connectivity index (χ3n) is 2.73. The molecule has 1 aromatic heterocycles. The van der Waals surface area contributed by atoms with E-state index < -0.39 is 11.4 Å². The van der Waals surface area contributed by atoms with Crippen LogP contribution in [-0.4, -0.2) is 20.0 Å². The lowest BCUT2D eigenvalue weighted by Gasteiger charge is -2.18. The summed E-state index contributed by atoms with van der Waals surface area (Å²) in [5.74, 6) is 0. The largest absolute Gasteiger partial charge is 0.591 e. The highest BCUT2D eigenvalue weighted by atomic mass is 32.2. The monoisotopic (exact) mass is 262 g/mol. The molecule has 0 spiro atoms. The van der Waals surface area contributed by atoms with Gasteiger partial charge in [-0.2, -0.15) is 0 Å². The quantitative estimate of drug-likeness (QED) is 0.654. The van der Waals surface area contributed by atoms with Gasteiger partial charge in [-0.05, 0) is 39.8 Å². The van der Waals surface area contributed by atoms with Crippen LogP contribution in [0.1, 0.15) is 33.3 Å². The minimum absolute atomic E-state index is 0.326. The highest BCUT2D eigenvalue weighted by molar-refractivity contribution is 7.91. The Balaban J connectivity index is 2.42. The normalized spacial score (nSPS) is 15.1. The van der Waals surface area contributed by atoms with E-state index in [-0.39, 0.29) is 4.75 Å². The number of nitrogens with one attached hydrogen (secondary N) is 1. The van der Waals surface area contributed by atoms with Crippen molar-refractivity contribution < 1.29 is 4.55 Å². The Bertz CT molecular complexity index is 581. The number of hydrogen-bond acceptors (Lipinski definition) is 2. The van der Waals surface area contributed by atoms with E-state index in [9.17, 15) is 4.55 Å². The van der Waals surface area contributed by atoms with Crippen molar-refractivity contribution in [3.63, 3.8) is 0 Å². The topological polar surface area (TPSA) is 51.2 Å². The second-order valence-corrected chi connectivity index (χ2v) is 7.19. The van der Waals surface area contributed by atoms with Crippen LogP contribution in [0.15, 0.2) is 34.9 Å². The van der Waals surface area contributed by atoms with Crippen LogP contribution in [0.3, 0.4) is 0 Å². The summed E-state index contributed by atoms with van der Waals surface area (Å²) < 4.78 is 16.0. The Kier molecular flexibility index (Phi) is 3.50. The van der Waals surface area contributed by atoms with Gasteiger partial charge in [-0.3, -0.25) is 0 Å². The van der Waals surface area contributed by atoms with Crippen molar-refractivity contribution in [2.24, 2.45) is 4.40 Å². The second-order valence-electron chi connectivity index (χ2n) is 5.28. The van der Waals surface area contributed by atoms with Gasteiger partial charge in [0.25, 0.3) is 0 Å². The van der Waals surface area contributed by atoms with Gasteiger partial charge in [0.15, 0.2) is 0 Å². The van der Waals surface area contributed by atoms with Crippen molar-refractivity contribution in [1.29, 1.82) is 0 Å². The fourth-order valence-corrected chi connectivity index (χ4v) is 2.33.